The highest BCUT2D eigenvalue weighted by Gasteiger charge is 2.42. The molecule has 1 saturated heterocycles. The molecular weight excluding hydrogens is 1350 g/mol. The molecule has 11 amide bonds. The molecule has 1 heterocycles. The predicted octanol–water partition coefficient (Wildman–Crippen LogP) is -3.40. The van der Waals surface area contributed by atoms with Crippen molar-refractivity contribution in [2.45, 2.75) is 183 Å². The van der Waals surface area contributed by atoms with E-state index in [0.29, 0.717) is 23.1 Å². The lowest BCUT2D eigenvalue weighted by atomic mass is 9.99. The molecule has 0 radical (unpaired) electrons. The Hall–Kier alpha value is -10.1. The summed E-state index contributed by atoms with van der Waals surface area (Å²) in [6, 6.07) is 2.79. The number of rotatable bonds is 44. The molecule has 4 rings (SSSR count). The fourth-order valence-electron chi connectivity index (χ4n) is 11.0. The Balaban J connectivity index is 1.58. The molecule has 0 spiro atoms. The minimum absolute atomic E-state index is 0.0106. The number of carbonyl (C=O) groups excluding carboxylic acids is 11. The summed E-state index contributed by atoms with van der Waals surface area (Å²) in [5, 5.41) is 72.6. The summed E-state index contributed by atoms with van der Waals surface area (Å²) in [4.78, 5) is 184. The second-order valence-electron chi connectivity index (χ2n) is 25.2. The molecule has 0 aliphatic carbocycles. The van der Waals surface area contributed by atoms with E-state index >= 15 is 0 Å². The number of guanidine groups is 1. The molecule has 1 fully saturated rings. The van der Waals surface area contributed by atoms with Crippen molar-refractivity contribution < 1.29 is 87.9 Å². The number of likely N-dealkylation sites (tertiary alicyclic amines) is 1. The van der Waals surface area contributed by atoms with Crippen LogP contribution >= 0.6 is 11.8 Å². The summed E-state index contributed by atoms with van der Waals surface area (Å²) < 4.78 is 0. The Bertz CT molecular complexity index is 3370. The maximum atomic E-state index is 14.7. The number of aliphatic hydroxyl groups is 1. The number of aliphatic hydroxyl groups excluding tert-OH is 1. The highest BCUT2D eigenvalue weighted by Crippen LogP contribution is 2.22. The van der Waals surface area contributed by atoms with Crippen molar-refractivity contribution in [2.24, 2.45) is 39.6 Å². The Labute approximate surface area is 594 Å². The zero-order chi connectivity index (χ0) is 75.8. The Morgan fingerprint density at radius 3 is 1.58 bits per heavy atom. The molecule has 34 nitrogen and oxygen atoms in total. The first kappa shape index (κ1) is 84.3. The first-order valence-electron chi connectivity index (χ1n) is 33.3. The summed E-state index contributed by atoms with van der Waals surface area (Å²) in [5.74, 6) is -14.2. The van der Waals surface area contributed by atoms with Gasteiger partial charge in [0.25, 0.3) is 0 Å². The highest BCUT2D eigenvalue weighted by molar-refractivity contribution is 7.98. The number of phenols is 2. The number of hydrogen-bond donors (Lipinski definition) is 19. The van der Waals surface area contributed by atoms with Gasteiger partial charge in [0.05, 0.1) is 25.0 Å². The molecule has 0 bridgehead atoms. The van der Waals surface area contributed by atoms with E-state index in [1.165, 1.54) is 55.1 Å². The average Bonchev–Trinajstić information content (AvgIpc) is 1.62. The molecule has 1 aliphatic heterocycles. The number of primary amides is 1. The Kier molecular flexibility index (Phi) is 35.4. The molecule has 24 N–H and O–H groups in total. The zero-order valence-corrected chi connectivity index (χ0v) is 58.3. The van der Waals surface area contributed by atoms with Crippen molar-refractivity contribution in [1.29, 1.82) is 0 Å². The molecule has 35 heteroatoms. The minimum Gasteiger partial charge on any atom is -0.508 e. The van der Waals surface area contributed by atoms with Crippen LogP contribution in [0.2, 0.25) is 0 Å². The van der Waals surface area contributed by atoms with Crippen molar-refractivity contribution in [3.63, 3.8) is 0 Å². The number of carboxylic acids is 2. The molecule has 0 saturated carbocycles. The standard InChI is InChI=1S/C67H98N16O18S/c1-36(2)30-47(60(94)78-48(32-38-12-6-5-7-13-38)61(95)79-49(35-54(88)89)62(96)81-51(66(100)101)33-40-19-23-42(86)24-20-40)77-58(92)44(14-8-9-26-68)74-57(91)45(15-10-27-73-67(71)72)75-63(97)52-16-11-28-83(52)65(99)50(34-53(70)87)80-59(93)46(25-29-102-4)76-64(98)55(37(3)84)82-56(90)43(69)31-39-17-21-41(85)22-18-39/h5-7,12-13,17-24,36-37,43-52,55,84-86H,8-11,14-16,25-35,68-69H2,1-4H3,(H2,70,87)(H,74,91)(H,75,97)(H,76,98)(H,77,92)(H,78,94)(H,79,95)(H,80,93)(H,81,96)(H,82,90)(H,88,89)(H,100,101)(H4,71,72,73)/t37-,43+,44+,45+,46+,47+,48+,49+,50+,51+,52+,55+/m1/s1. The van der Waals surface area contributed by atoms with Gasteiger partial charge in [-0.25, -0.2) is 4.79 Å². The highest BCUT2D eigenvalue weighted by atomic mass is 32.2. The van der Waals surface area contributed by atoms with Gasteiger partial charge >= 0.3 is 11.9 Å². The van der Waals surface area contributed by atoms with Crippen molar-refractivity contribution in [3.05, 3.63) is 95.6 Å². The quantitative estimate of drug-likeness (QED) is 0.0149. The van der Waals surface area contributed by atoms with Crippen LogP contribution in [0, 0.1) is 5.92 Å². The van der Waals surface area contributed by atoms with Gasteiger partial charge in [-0.05, 0) is 137 Å². The largest absolute Gasteiger partial charge is 0.508 e. The van der Waals surface area contributed by atoms with Crippen LogP contribution in [0.5, 0.6) is 11.5 Å². The lowest BCUT2D eigenvalue weighted by Crippen LogP contribution is -2.61. The normalized spacial score (nSPS) is 15.8. The van der Waals surface area contributed by atoms with E-state index in [0.717, 1.165) is 4.90 Å². The zero-order valence-electron chi connectivity index (χ0n) is 57.5. The number of benzene rings is 3. The number of nitrogens with zero attached hydrogens (tertiary/aromatic N) is 2. The molecule has 560 valence electrons. The number of aliphatic carboxylic acids is 2. The third kappa shape index (κ3) is 29.2. The molecule has 3 aromatic rings. The number of carboxylic acid groups (broad SMARTS) is 2. The summed E-state index contributed by atoms with van der Waals surface area (Å²) in [7, 11) is 0. The van der Waals surface area contributed by atoms with Gasteiger partial charge in [0.1, 0.15) is 71.9 Å². The smallest absolute Gasteiger partial charge is 0.326 e. The van der Waals surface area contributed by atoms with Crippen LogP contribution in [0.25, 0.3) is 0 Å². The van der Waals surface area contributed by atoms with Gasteiger partial charge in [0, 0.05) is 25.9 Å². The summed E-state index contributed by atoms with van der Waals surface area (Å²) in [5.41, 5.74) is 30.2. The molecule has 12 atom stereocenters. The van der Waals surface area contributed by atoms with Crippen molar-refractivity contribution in [3.8, 4) is 11.5 Å². The van der Waals surface area contributed by atoms with Gasteiger partial charge in [-0.15, -0.1) is 0 Å². The average molecular weight is 1450 g/mol. The lowest BCUT2D eigenvalue weighted by molar-refractivity contribution is -0.143. The number of aromatic hydroxyl groups is 2. The van der Waals surface area contributed by atoms with E-state index in [1.54, 1.807) is 62.6 Å². The van der Waals surface area contributed by atoms with E-state index in [1.807, 2.05) is 0 Å². The molecule has 1 aliphatic rings. The van der Waals surface area contributed by atoms with E-state index in [4.69, 9.17) is 28.7 Å². The van der Waals surface area contributed by atoms with Gasteiger partial charge in [0.2, 0.25) is 65.0 Å². The maximum absolute atomic E-state index is 14.7. The van der Waals surface area contributed by atoms with Crippen molar-refractivity contribution in [1.82, 2.24) is 52.8 Å². The first-order valence-corrected chi connectivity index (χ1v) is 34.7. The van der Waals surface area contributed by atoms with Crippen LogP contribution in [0.4, 0.5) is 0 Å². The number of phenolic OH excluding ortho intramolecular Hbond substituents is 2. The van der Waals surface area contributed by atoms with E-state index < -0.39 is 162 Å². The van der Waals surface area contributed by atoms with E-state index in [9.17, 15) is 87.9 Å². The van der Waals surface area contributed by atoms with Crippen molar-refractivity contribution in [2.75, 3.05) is 31.6 Å². The monoisotopic (exact) mass is 1450 g/mol. The van der Waals surface area contributed by atoms with Gasteiger partial charge in [-0.3, -0.25) is 62.5 Å². The molecular formula is C67H98N16O18S. The molecule has 102 heavy (non-hydrogen) atoms. The number of thioether (sulfide) groups is 1. The Morgan fingerprint density at radius 2 is 1.03 bits per heavy atom. The number of unbranched alkanes of at least 4 members (excludes halogenated alkanes) is 1. The second kappa shape index (κ2) is 42.9. The number of nitrogens with one attached hydrogen (secondary N) is 9. The van der Waals surface area contributed by atoms with Gasteiger partial charge < -0.3 is 107 Å². The van der Waals surface area contributed by atoms with Crippen LogP contribution in [-0.2, 0) is 81.6 Å². The SMILES string of the molecule is CSCC[C@H](NC(=O)[C@@H](NC(=O)[C@@H](N)Cc1ccc(O)cc1)[C@@H](C)O)C(=O)N[C@@H](CC(N)=O)C(=O)N1CCC[C@H]1C(=O)N[C@@H](CCCN=C(N)N)C(=O)N[C@@H](CCCCN)C(=O)N[C@@H](CC(C)C)C(=O)N[C@@H](Cc1ccccc1)C(=O)N[C@@H](CC(=O)O)C(=O)N[C@@H](Cc1ccc(O)cc1)C(=O)O. The number of aliphatic imine (C=N–C) groups is 1. The fourth-order valence-corrected chi connectivity index (χ4v) is 11.4. The van der Waals surface area contributed by atoms with Crippen LogP contribution < -0.4 is 76.5 Å². The maximum Gasteiger partial charge on any atom is 0.326 e. The van der Waals surface area contributed by atoms with Crippen LogP contribution in [0.15, 0.2) is 83.9 Å². The van der Waals surface area contributed by atoms with Crippen LogP contribution in [0.3, 0.4) is 0 Å². The molecule has 0 unspecified atom stereocenters. The number of amides is 11. The van der Waals surface area contributed by atoms with E-state index in [2.05, 4.69) is 52.8 Å². The second-order valence-corrected chi connectivity index (χ2v) is 26.2. The summed E-state index contributed by atoms with van der Waals surface area (Å²) in [6.07, 6.45) is -1.62. The van der Waals surface area contributed by atoms with Gasteiger partial charge in [-0.1, -0.05) is 68.4 Å². The van der Waals surface area contributed by atoms with Crippen molar-refractivity contribution >= 4 is 94.6 Å². The fraction of sp³-hybridized carbons (Fsp3) is 0.522. The lowest BCUT2D eigenvalue weighted by Gasteiger charge is -2.31. The molecule has 0 aromatic heterocycles. The predicted molar refractivity (Wildman–Crippen MR) is 375 cm³/mol. The first-order chi connectivity index (χ1) is 48.3. The van der Waals surface area contributed by atoms with Crippen LogP contribution in [-0.4, -0.2) is 218 Å². The molecule has 3 aromatic carbocycles. The number of hydrogen-bond acceptors (Lipinski definition) is 20. The third-order valence-electron chi connectivity index (χ3n) is 16.3. The summed E-state index contributed by atoms with van der Waals surface area (Å²) >= 11 is 1.29. The minimum atomic E-state index is -1.88. The topological polar surface area (TPSA) is 577 Å². The number of carbonyl (C=O) groups is 13. The van der Waals surface area contributed by atoms with Gasteiger partial charge in [-0.2, -0.15) is 11.8 Å². The van der Waals surface area contributed by atoms with E-state index in [-0.39, 0.29) is 119 Å². The van der Waals surface area contributed by atoms with Gasteiger partial charge in [0.15, 0.2) is 5.96 Å². The number of nitrogens with two attached hydrogens (primary N) is 5. The van der Waals surface area contributed by atoms with Crippen LogP contribution in [0.1, 0.15) is 108 Å². The summed E-state index contributed by atoms with van der Waals surface area (Å²) in [6.45, 7) is 4.74. The third-order valence-corrected chi connectivity index (χ3v) is 17.0. The Morgan fingerprint density at radius 1 is 0.549 bits per heavy atom.